The van der Waals surface area contributed by atoms with Gasteiger partial charge in [0, 0.05) is 6.42 Å². The van der Waals surface area contributed by atoms with E-state index in [1.165, 1.54) is 30.1 Å². The van der Waals surface area contributed by atoms with Crippen LogP contribution in [0.5, 0.6) is 0 Å². The van der Waals surface area contributed by atoms with Crippen molar-refractivity contribution in [3.63, 3.8) is 0 Å². The van der Waals surface area contributed by atoms with Gasteiger partial charge >= 0.3 is 0 Å². The predicted octanol–water partition coefficient (Wildman–Crippen LogP) is 2.13. The molecule has 0 saturated heterocycles. The summed E-state index contributed by atoms with van der Waals surface area (Å²) < 4.78 is 37.2. The van der Waals surface area contributed by atoms with Crippen LogP contribution in [0.2, 0.25) is 0 Å². The van der Waals surface area contributed by atoms with Gasteiger partial charge in [-0.1, -0.05) is 18.2 Å². The first-order valence-electron chi connectivity index (χ1n) is 5.21. The molecular formula is C12H14F3NO. The second-order valence-corrected chi connectivity index (χ2v) is 3.89. The fourth-order valence-electron chi connectivity index (χ4n) is 1.51. The Kier molecular flexibility index (Phi) is 5.15. The van der Waals surface area contributed by atoms with E-state index < -0.39 is 18.8 Å². The molecule has 0 N–H and O–H groups in total. The molecule has 1 rings (SSSR count). The van der Waals surface area contributed by atoms with Crippen molar-refractivity contribution in [2.24, 2.45) is 0 Å². The second-order valence-electron chi connectivity index (χ2n) is 3.89. The molecule has 0 radical (unpaired) electrons. The van der Waals surface area contributed by atoms with Gasteiger partial charge < -0.3 is 0 Å². The minimum atomic E-state index is -2.47. The molecule has 0 fully saturated rings. The maximum atomic E-state index is 13.2. The molecule has 94 valence electrons. The highest BCUT2D eigenvalue weighted by Crippen LogP contribution is 2.07. The Hall–Kier alpha value is -1.36. The molecule has 1 aromatic carbocycles. The third-order valence-corrected chi connectivity index (χ3v) is 2.24. The number of hydrogen-bond donors (Lipinski definition) is 0. The van der Waals surface area contributed by atoms with E-state index in [1.54, 1.807) is 6.07 Å². The van der Waals surface area contributed by atoms with E-state index in [1.807, 2.05) is 0 Å². The monoisotopic (exact) mass is 245 g/mol. The lowest BCUT2D eigenvalue weighted by molar-refractivity contribution is -0.119. The van der Waals surface area contributed by atoms with Gasteiger partial charge in [-0.25, -0.2) is 13.2 Å². The van der Waals surface area contributed by atoms with Crippen molar-refractivity contribution in [1.29, 1.82) is 0 Å². The largest absolute Gasteiger partial charge is 0.298 e. The van der Waals surface area contributed by atoms with Gasteiger partial charge in [-0.2, -0.15) is 0 Å². The number of halogens is 3. The summed E-state index contributed by atoms with van der Waals surface area (Å²) in [5.41, 5.74) is 0.294. The molecule has 0 atom stereocenters. The summed E-state index contributed by atoms with van der Waals surface area (Å²) in [5, 5.41) is 0. The summed E-state index contributed by atoms with van der Waals surface area (Å²) in [6.45, 7) is -0.554. The Morgan fingerprint density at radius 3 is 2.59 bits per heavy atom. The molecular weight excluding hydrogens is 231 g/mol. The number of carbonyl (C=O) groups is 1. The van der Waals surface area contributed by atoms with Crippen LogP contribution >= 0.6 is 0 Å². The van der Waals surface area contributed by atoms with Crippen molar-refractivity contribution in [1.82, 2.24) is 4.90 Å². The molecule has 0 amide bonds. The first kappa shape index (κ1) is 13.7. The summed E-state index contributed by atoms with van der Waals surface area (Å²) in [6, 6.07) is 5.95. The lowest BCUT2D eigenvalue weighted by Crippen LogP contribution is -2.31. The Bertz CT molecular complexity index is 382. The number of nitrogens with zero attached hydrogens (tertiary/aromatic N) is 1. The van der Waals surface area contributed by atoms with Crippen molar-refractivity contribution < 1.29 is 18.0 Å². The van der Waals surface area contributed by atoms with E-state index in [0.29, 0.717) is 5.56 Å². The number of likely N-dealkylation sites (N-methyl/N-ethyl adjacent to an activating group) is 1. The third-order valence-electron chi connectivity index (χ3n) is 2.24. The van der Waals surface area contributed by atoms with Crippen molar-refractivity contribution in [3.05, 3.63) is 35.6 Å². The van der Waals surface area contributed by atoms with Gasteiger partial charge in [-0.15, -0.1) is 0 Å². The molecule has 0 aliphatic carbocycles. The Morgan fingerprint density at radius 2 is 2.00 bits per heavy atom. The van der Waals surface area contributed by atoms with E-state index in [-0.39, 0.29) is 18.7 Å². The summed E-state index contributed by atoms with van der Waals surface area (Å²) in [5.74, 6) is -0.726. The van der Waals surface area contributed by atoms with Gasteiger partial charge in [-0.3, -0.25) is 9.69 Å². The lowest BCUT2D eigenvalue weighted by Gasteiger charge is -2.14. The van der Waals surface area contributed by atoms with E-state index in [9.17, 15) is 18.0 Å². The average Bonchev–Trinajstić information content (AvgIpc) is 2.19. The van der Waals surface area contributed by atoms with Gasteiger partial charge in [0.2, 0.25) is 0 Å². The molecule has 0 aliphatic rings. The molecule has 0 aromatic heterocycles. The van der Waals surface area contributed by atoms with Crippen LogP contribution in [0.3, 0.4) is 0 Å². The smallest absolute Gasteiger partial charge is 0.251 e. The van der Waals surface area contributed by atoms with Crippen molar-refractivity contribution in [3.8, 4) is 0 Å². The van der Waals surface area contributed by atoms with E-state index in [4.69, 9.17) is 0 Å². The average molecular weight is 245 g/mol. The number of Topliss-reactive ketones (excluding diaryl/α,β-unsaturated/α-hetero) is 1. The lowest BCUT2D eigenvalue weighted by atomic mass is 10.1. The van der Waals surface area contributed by atoms with Gasteiger partial charge in [0.25, 0.3) is 6.43 Å². The Balaban J connectivity index is 2.47. The minimum Gasteiger partial charge on any atom is -0.298 e. The van der Waals surface area contributed by atoms with Crippen LogP contribution in [0.15, 0.2) is 24.3 Å². The number of alkyl halides is 2. The molecule has 0 unspecified atom stereocenters. The maximum absolute atomic E-state index is 13.2. The molecule has 5 heteroatoms. The van der Waals surface area contributed by atoms with Gasteiger partial charge in [0.1, 0.15) is 5.82 Å². The van der Waals surface area contributed by atoms with Crippen LogP contribution < -0.4 is 0 Å². The molecule has 2 nitrogen and oxygen atoms in total. The fraction of sp³-hybridized carbons (Fsp3) is 0.417. The Labute approximate surface area is 98.0 Å². The predicted molar refractivity (Wildman–Crippen MR) is 58.6 cm³/mol. The number of hydrogen-bond acceptors (Lipinski definition) is 2. The quantitative estimate of drug-likeness (QED) is 0.765. The first-order chi connectivity index (χ1) is 7.99. The van der Waals surface area contributed by atoms with Gasteiger partial charge in [0.05, 0.1) is 13.1 Å². The van der Waals surface area contributed by atoms with E-state index in [2.05, 4.69) is 0 Å². The molecule has 0 aliphatic heterocycles. The normalized spacial score (nSPS) is 11.2. The van der Waals surface area contributed by atoms with Crippen molar-refractivity contribution in [2.45, 2.75) is 12.8 Å². The van der Waals surface area contributed by atoms with Crippen molar-refractivity contribution in [2.75, 3.05) is 20.1 Å². The highest BCUT2D eigenvalue weighted by molar-refractivity contribution is 5.82. The van der Waals surface area contributed by atoms with Gasteiger partial charge in [0.15, 0.2) is 5.78 Å². The number of rotatable bonds is 6. The summed E-state index contributed by atoms with van der Waals surface area (Å²) in [6.07, 6.45) is -2.54. The summed E-state index contributed by atoms with van der Waals surface area (Å²) in [4.78, 5) is 12.7. The SMILES string of the molecule is CN(CC(=O)Cc1ccccc1F)CC(F)F. The summed E-state index contributed by atoms with van der Waals surface area (Å²) in [7, 11) is 1.44. The molecule has 0 heterocycles. The van der Waals surface area contributed by atoms with Crippen LogP contribution in [0.4, 0.5) is 13.2 Å². The zero-order chi connectivity index (χ0) is 12.8. The van der Waals surface area contributed by atoms with Crippen LogP contribution in [-0.2, 0) is 11.2 Å². The number of benzene rings is 1. The summed E-state index contributed by atoms with van der Waals surface area (Å²) >= 11 is 0. The van der Waals surface area contributed by atoms with E-state index >= 15 is 0 Å². The molecule has 1 aromatic rings. The third kappa shape index (κ3) is 4.99. The van der Waals surface area contributed by atoms with E-state index in [0.717, 1.165) is 0 Å². The van der Waals surface area contributed by atoms with Crippen LogP contribution in [-0.4, -0.2) is 37.2 Å². The van der Waals surface area contributed by atoms with Crippen LogP contribution in [0, 0.1) is 5.82 Å². The molecule has 17 heavy (non-hydrogen) atoms. The zero-order valence-corrected chi connectivity index (χ0v) is 9.50. The highest BCUT2D eigenvalue weighted by Gasteiger charge is 2.13. The van der Waals surface area contributed by atoms with Crippen molar-refractivity contribution >= 4 is 5.78 Å². The highest BCUT2D eigenvalue weighted by atomic mass is 19.3. The Morgan fingerprint density at radius 1 is 1.35 bits per heavy atom. The molecule has 0 spiro atoms. The standard InChI is InChI=1S/C12H14F3NO/c1-16(8-12(14)15)7-10(17)6-9-4-2-3-5-11(9)13/h2-5,12H,6-8H2,1H3. The maximum Gasteiger partial charge on any atom is 0.251 e. The zero-order valence-electron chi connectivity index (χ0n) is 9.50. The number of ketones is 1. The molecule has 0 saturated carbocycles. The van der Waals surface area contributed by atoms with Crippen LogP contribution in [0.25, 0.3) is 0 Å². The minimum absolute atomic E-state index is 0.0692. The van der Waals surface area contributed by atoms with Gasteiger partial charge in [-0.05, 0) is 18.7 Å². The number of carbonyl (C=O) groups excluding carboxylic acids is 1. The first-order valence-corrected chi connectivity index (χ1v) is 5.21. The van der Waals surface area contributed by atoms with Crippen LogP contribution in [0.1, 0.15) is 5.56 Å². The topological polar surface area (TPSA) is 20.3 Å². The second kappa shape index (κ2) is 6.39. The molecule has 0 bridgehead atoms. The fourth-order valence-corrected chi connectivity index (χ4v) is 1.51.